The molecule has 0 bridgehead atoms. The number of amides is 2. The van der Waals surface area contributed by atoms with Crippen LogP contribution in [0.15, 0.2) is 48.5 Å². The quantitative estimate of drug-likeness (QED) is 0.705. The molecule has 3 rings (SSSR count). The van der Waals surface area contributed by atoms with E-state index in [1.54, 1.807) is 28.0 Å². The van der Waals surface area contributed by atoms with E-state index in [0.29, 0.717) is 36.8 Å². The van der Waals surface area contributed by atoms with E-state index in [1.807, 2.05) is 30.3 Å². The van der Waals surface area contributed by atoms with Crippen molar-refractivity contribution in [2.45, 2.75) is 19.4 Å². The maximum atomic E-state index is 12.7. The van der Waals surface area contributed by atoms with Crippen LogP contribution in [0.25, 0.3) is 0 Å². The second kappa shape index (κ2) is 9.56. The Morgan fingerprint density at radius 3 is 2.45 bits per heavy atom. The molecule has 2 aromatic rings. The molecule has 1 saturated heterocycles. The molecule has 0 N–H and O–H groups in total. The molecule has 152 valence electrons. The number of carbonyl (C=O) groups excluding carboxylic acids is 3. The molecular weight excluding hydrogens is 392 g/mol. The maximum Gasteiger partial charge on any atom is 0.337 e. The molecular formula is C22H23ClN2O4. The fourth-order valence-electron chi connectivity index (χ4n) is 3.28. The number of methoxy groups -OCH3 is 1. The smallest absolute Gasteiger partial charge is 0.337 e. The van der Waals surface area contributed by atoms with Gasteiger partial charge in [-0.25, -0.2) is 4.79 Å². The molecule has 2 amide bonds. The van der Waals surface area contributed by atoms with Gasteiger partial charge in [-0.2, -0.15) is 0 Å². The minimum absolute atomic E-state index is 0.00934. The highest BCUT2D eigenvalue weighted by Crippen LogP contribution is 2.17. The summed E-state index contributed by atoms with van der Waals surface area (Å²) in [6.07, 6.45) is 0.511. The third-order valence-electron chi connectivity index (χ3n) is 4.99. The first-order valence-corrected chi connectivity index (χ1v) is 9.82. The summed E-state index contributed by atoms with van der Waals surface area (Å²) in [5.41, 5.74) is 2.17. The summed E-state index contributed by atoms with van der Waals surface area (Å²) in [6, 6.07) is 14.3. The minimum Gasteiger partial charge on any atom is -0.465 e. The molecule has 29 heavy (non-hydrogen) atoms. The fourth-order valence-corrected chi connectivity index (χ4v) is 3.49. The van der Waals surface area contributed by atoms with E-state index in [2.05, 4.69) is 0 Å². The molecule has 1 fully saturated rings. The lowest BCUT2D eigenvalue weighted by Crippen LogP contribution is -2.36. The molecule has 0 aromatic heterocycles. The zero-order valence-electron chi connectivity index (χ0n) is 16.3. The number of benzene rings is 2. The number of carbonyl (C=O) groups is 3. The molecule has 0 aliphatic carbocycles. The van der Waals surface area contributed by atoms with Crippen LogP contribution in [0.5, 0.6) is 0 Å². The summed E-state index contributed by atoms with van der Waals surface area (Å²) < 4.78 is 4.69. The summed E-state index contributed by atoms with van der Waals surface area (Å²) in [7, 11) is 1.34. The van der Waals surface area contributed by atoms with Gasteiger partial charge in [-0.15, -0.1) is 0 Å². The number of ether oxygens (including phenoxy) is 1. The van der Waals surface area contributed by atoms with Crippen LogP contribution in [0.2, 0.25) is 5.02 Å². The molecule has 7 heteroatoms. The predicted octanol–water partition coefficient (Wildman–Crippen LogP) is 2.93. The summed E-state index contributed by atoms with van der Waals surface area (Å²) >= 11 is 6.15. The van der Waals surface area contributed by atoms with Gasteiger partial charge in [0.25, 0.3) is 0 Å². The summed E-state index contributed by atoms with van der Waals surface area (Å²) in [5.74, 6) is -0.416. The Kier molecular flexibility index (Phi) is 6.88. The zero-order valence-corrected chi connectivity index (χ0v) is 17.0. The summed E-state index contributed by atoms with van der Waals surface area (Å²) in [5, 5.41) is 0.573. The van der Waals surface area contributed by atoms with Crippen LogP contribution in [0.3, 0.4) is 0 Å². The van der Waals surface area contributed by atoms with Crippen molar-refractivity contribution in [3.05, 3.63) is 70.2 Å². The van der Waals surface area contributed by atoms with Crippen molar-refractivity contribution in [2.24, 2.45) is 0 Å². The van der Waals surface area contributed by atoms with E-state index >= 15 is 0 Å². The second-order valence-electron chi connectivity index (χ2n) is 6.90. The van der Waals surface area contributed by atoms with Crippen LogP contribution in [0.1, 0.15) is 27.9 Å². The van der Waals surface area contributed by atoms with Crippen LogP contribution in [0, 0.1) is 0 Å². The molecule has 1 heterocycles. The van der Waals surface area contributed by atoms with Crippen molar-refractivity contribution in [2.75, 3.05) is 26.7 Å². The van der Waals surface area contributed by atoms with Gasteiger partial charge in [-0.1, -0.05) is 41.9 Å². The first kappa shape index (κ1) is 20.9. The van der Waals surface area contributed by atoms with Crippen molar-refractivity contribution < 1.29 is 19.1 Å². The van der Waals surface area contributed by atoms with Crippen LogP contribution in [-0.4, -0.2) is 54.3 Å². The Morgan fingerprint density at radius 2 is 1.76 bits per heavy atom. The van der Waals surface area contributed by atoms with Gasteiger partial charge < -0.3 is 14.5 Å². The summed E-state index contributed by atoms with van der Waals surface area (Å²) in [4.78, 5) is 40.2. The number of esters is 1. The van der Waals surface area contributed by atoms with Gasteiger partial charge in [0.15, 0.2) is 0 Å². The normalized spacial score (nSPS) is 14.5. The van der Waals surface area contributed by atoms with E-state index < -0.39 is 5.97 Å². The standard InChI is InChI=1S/C22H23ClN2O4/c1-29-22(28)17-8-6-16(7-9-17)15-25-13-12-24(11-10-20(25)26)21(27)14-18-4-2-3-5-19(18)23/h2-9H,10-15H2,1H3. The number of nitrogens with zero attached hydrogens (tertiary/aromatic N) is 2. The summed E-state index contributed by atoms with van der Waals surface area (Å²) in [6.45, 7) is 1.79. The fraction of sp³-hybridized carbons (Fsp3) is 0.318. The SMILES string of the molecule is COC(=O)c1ccc(CN2CCN(C(=O)Cc3ccccc3Cl)CCC2=O)cc1. The first-order valence-electron chi connectivity index (χ1n) is 9.44. The average Bonchev–Trinajstić information content (AvgIpc) is 2.91. The molecule has 0 saturated carbocycles. The van der Waals surface area contributed by atoms with Gasteiger partial charge in [0.05, 0.1) is 19.1 Å². The molecule has 2 aromatic carbocycles. The third-order valence-corrected chi connectivity index (χ3v) is 5.36. The molecule has 6 nitrogen and oxygen atoms in total. The highest BCUT2D eigenvalue weighted by atomic mass is 35.5. The van der Waals surface area contributed by atoms with Gasteiger partial charge in [0, 0.05) is 37.6 Å². The molecule has 1 aliphatic heterocycles. The highest BCUT2D eigenvalue weighted by Gasteiger charge is 2.24. The predicted molar refractivity (Wildman–Crippen MR) is 110 cm³/mol. The second-order valence-corrected chi connectivity index (χ2v) is 7.31. The number of rotatable bonds is 5. The van der Waals surface area contributed by atoms with E-state index in [1.165, 1.54) is 7.11 Å². The number of halogens is 1. The number of hydrogen-bond donors (Lipinski definition) is 0. The van der Waals surface area contributed by atoms with Gasteiger partial charge >= 0.3 is 5.97 Å². The van der Waals surface area contributed by atoms with Crippen molar-refractivity contribution in [1.82, 2.24) is 9.80 Å². The highest BCUT2D eigenvalue weighted by molar-refractivity contribution is 6.31. The average molecular weight is 415 g/mol. The Balaban J connectivity index is 1.60. The van der Waals surface area contributed by atoms with Crippen LogP contribution < -0.4 is 0 Å². The van der Waals surface area contributed by atoms with Crippen molar-refractivity contribution in [3.63, 3.8) is 0 Å². The van der Waals surface area contributed by atoms with Crippen LogP contribution in [0.4, 0.5) is 0 Å². The molecule has 0 unspecified atom stereocenters. The Labute approximate surface area is 175 Å². The van der Waals surface area contributed by atoms with Gasteiger partial charge in [-0.05, 0) is 29.3 Å². The lowest BCUT2D eigenvalue weighted by molar-refractivity contribution is -0.130. The van der Waals surface area contributed by atoms with Crippen LogP contribution in [-0.2, 0) is 27.3 Å². The lowest BCUT2D eigenvalue weighted by atomic mass is 10.1. The topological polar surface area (TPSA) is 66.9 Å². The monoisotopic (exact) mass is 414 g/mol. The van der Waals surface area contributed by atoms with E-state index in [0.717, 1.165) is 11.1 Å². The van der Waals surface area contributed by atoms with Gasteiger partial charge in [0.1, 0.15) is 0 Å². The zero-order chi connectivity index (χ0) is 20.8. The van der Waals surface area contributed by atoms with E-state index in [4.69, 9.17) is 16.3 Å². The van der Waals surface area contributed by atoms with E-state index in [9.17, 15) is 14.4 Å². The molecule has 0 atom stereocenters. The number of hydrogen-bond acceptors (Lipinski definition) is 4. The van der Waals surface area contributed by atoms with Crippen molar-refractivity contribution in [1.29, 1.82) is 0 Å². The van der Waals surface area contributed by atoms with Gasteiger partial charge in [-0.3, -0.25) is 9.59 Å². The Bertz CT molecular complexity index is 898. The maximum absolute atomic E-state index is 12.7. The van der Waals surface area contributed by atoms with Gasteiger partial charge in [0.2, 0.25) is 11.8 Å². The Morgan fingerprint density at radius 1 is 1.03 bits per heavy atom. The minimum atomic E-state index is -0.393. The Hall–Kier alpha value is -2.86. The first-order chi connectivity index (χ1) is 14.0. The van der Waals surface area contributed by atoms with Crippen molar-refractivity contribution in [3.8, 4) is 0 Å². The third kappa shape index (κ3) is 5.35. The molecule has 1 aliphatic rings. The molecule has 0 radical (unpaired) electrons. The van der Waals surface area contributed by atoms with Crippen molar-refractivity contribution >= 4 is 29.4 Å². The van der Waals surface area contributed by atoms with E-state index in [-0.39, 0.29) is 24.7 Å². The van der Waals surface area contributed by atoms with Crippen LogP contribution >= 0.6 is 11.6 Å². The molecule has 0 spiro atoms. The lowest BCUT2D eigenvalue weighted by Gasteiger charge is -2.22. The largest absolute Gasteiger partial charge is 0.465 e.